The quantitative estimate of drug-likeness (QED) is 0.418. The highest BCUT2D eigenvalue weighted by atomic mass is 35.5. The van der Waals surface area contributed by atoms with E-state index < -0.39 is 51.8 Å². The molecule has 0 spiro atoms. The topological polar surface area (TPSA) is 81.5 Å². The van der Waals surface area contributed by atoms with E-state index in [1.54, 1.807) is 6.92 Å². The summed E-state index contributed by atoms with van der Waals surface area (Å²) in [5.74, 6) is -1.17. The molecule has 1 N–H and O–H groups in total. The van der Waals surface area contributed by atoms with Crippen LogP contribution in [-0.2, 0) is 20.0 Å². The van der Waals surface area contributed by atoms with E-state index in [-0.39, 0.29) is 17.7 Å². The van der Waals surface area contributed by atoms with Gasteiger partial charge in [-0.05, 0) is 47.5 Å². The molecule has 0 saturated carbocycles. The number of benzene rings is 2. The van der Waals surface area contributed by atoms with Gasteiger partial charge in [-0.3, -0.25) is 4.79 Å². The summed E-state index contributed by atoms with van der Waals surface area (Å²) >= 11 is 11.5. The van der Waals surface area contributed by atoms with Crippen LogP contribution in [0.25, 0.3) is 0 Å². The minimum Gasteiger partial charge on any atom is -0.482 e. The first-order chi connectivity index (χ1) is 16.4. The van der Waals surface area contributed by atoms with E-state index in [0.717, 1.165) is 12.1 Å². The lowest BCUT2D eigenvalue weighted by molar-refractivity contribution is -0.275. The van der Waals surface area contributed by atoms with Crippen LogP contribution in [-0.4, -0.2) is 37.0 Å². The van der Waals surface area contributed by atoms with Gasteiger partial charge in [-0.15, -0.1) is 0 Å². The maximum atomic E-state index is 14.2. The van der Waals surface area contributed by atoms with Crippen molar-refractivity contribution in [2.75, 3.05) is 7.11 Å². The number of nitrogens with one attached hydrogen (secondary N) is 1. The molecule has 2 aliphatic heterocycles. The van der Waals surface area contributed by atoms with Gasteiger partial charge in [-0.1, -0.05) is 34.4 Å². The van der Waals surface area contributed by atoms with Gasteiger partial charge in [0.15, 0.2) is 5.82 Å². The Kier molecular flexibility index (Phi) is 6.58. The molecule has 0 bridgehead atoms. The van der Waals surface area contributed by atoms with Crippen LogP contribution in [0.3, 0.4) is 0 Å². The number of rotatable bonds is 4. The standard InChI is InChI=1S/C22H17Cl2F4N3O4/c1-10-5-11(3-4-13(10)20(32)29-17-8-18(33-2)31-34-17)16-9-21(35-30-16,22(26,27)28)12-6-14(23)19(25)15(24)7-12/h3-7,17H,8-9H2,1-2H3,(H,29,32)/t17-,21+/m1/s1. The molecule has 2 heterocycles. The molecule has 7 nitrogen and oxygen atoms in total. The van der Waals surface area contributed by atoms with Gasteiger partial charge in [0.25, 0.3) is 11.5 Å². The summed E-state index contributed by atoms with van der Waals surface area (Å²) in [5, 5.41) is 8.83. The monoisotopic (exact) mass is 533 g/mol. The number of hydrogen-bond acceptors (Lipinski definition) is 6. The maximum Gasteiger partial charge on any atom is 0.435 e. The van der Waals surface area contributed by atoms with Crippen molar-refractivity contribution in [3.63, 3.8) is 0 Å². The molecule has 0 unspecified atom stereocenters. The Morgan fingerprint density at radius 3 is 2.46 bits per heavy atom. The lowest BCUT2D eigenvalue weighted by Crippen LogP contribution is -2.42. The Bertz CT molecular complexity index is 1230. The Labute approximate surface area is 206 Å². The van der Waals surface area contributed by atoms with Crippen molar-refractivity contribution in [2.24, 2.45) is 10.3 Å². The molecule has 4 rings (SSSR count). The summed E-state index contributed by atoms with van der Waals surface area (Å²) in [6.45, 7) is 1.62. The normalized spacial score (nSPS) is 21.7. The summed E-state index contributed by atoms with van der Waals surface area (Å²) in [5.41, 5.74) is -2.35. The van der Waals surface area contributed by atoms with Crippen LogP contribution >= 0.6 is 23.2 Å². The Morgan fingerprint density at radius 1 is 1.20 bits per heavy atom. The minimum atomic E-state index is -4.93. The third-order valence-corrected chi connectivity index (χ3v) is 6.16. The third kappa shape index (κ3) is 4.62. The fourth-order valence-electron chi connectivity index (χ4n) is 3.72. The lowest BCUT2D eigenvalue weighted by Gasteiger charge is -2.29. The van der Waals surface area contributed by atoms with E-state index in [0.29, 0.717) is 17.0 Å². The molecular formula is C22H17Cl2F4N3O4. The van der Waals surface area contributed by atoms with Crippen molar-refractivity contribution in [1.82, 2.24) is 5.32 Å². The summed E-state index contributed by atoms with van der Waals surface area (Å²) < 4.78 is 61.3. The number of amides is 1. The number of alkyl halides is 3. The predicted molar refractivity (Wildman–Crippen MR) is 119 cm³/mol. The SMILES string of the molecule is COC1=NO[C@@H](NC(=O)c2ccc(C3=NO[C@@](c4cc(Cl)c(F)c(Cl)c4)(C(F)(F)F)C3)cc2C)C1. The van der Waals surface area contributed by atoms with Crippen LogP contribution in [0, 0.1) is 12.7 Å². The number of ether oxygens (including phenoxy) is 1. The zero-order valence-corrected chi connectivity index (χ0v) is 19.7. The molecule has 0 radical (unpaired) electrons. The van der Waals surface area contributed by atoms with E-state index in [1.807, 2.05) is 0 Å². The van der Waals surface area contributed by atoms with E-state index in [4.69, 9.17) is 37.6 Å². The highest BCUT2D eigenvalue weighted by molar-refractivity contribution is 6.35. The molecule has 2 aromatic carbocycles. The van der Waals surface area contributed by atoms with E-state index in [1.165, 1.54) is 25.3 Å². The first kappa shape index (κ1) is 25.1. The lowest BCUT2D eigenvalue weighted by atomic mass is 9.86. The third-order valence-electron chi connectivity index (χ3n) is 5.61. The van der Waals surface area contributed by atoms with E-state index >= 15 is 0 Å². The second kappa shape index (κ2) is 9.19. The molecule has 0 fully saturated rings. The fraction of sp³-hybridized carbons (Fsp3) is 0.318. The van der Waals surface area contributed by atoms with Crippen molar-refractivity contribution in [2.45, 2.75) is 37.8 Å². The Morgan fingerprint density at radius 2 is 1.89 bits per heavy atom. The Balaban J connectivity index is 1.56. The van der Waals surface area contributed by atoms with Gasteiger partial charge in [0.1, 0.15) is 0 Å². The summed E-state index contributed by atoms with van der Waals surface area (Å²) in [6, 6.07) is 6.05. The molecule has 2 aliphatic rings. The molecule has 35 heavy (non-hydrogen) atoms. The van der Waals surface area contributed by atoms with Crippen molar-refractivity contribution in [3.05, 3.63) is 68.4 Å². The average molecular weight is 534 g/mol. The Hall–Kier alpha value is -3.05. The van der Waals surface area contributed by atoms with Crippen LogP contribution in [0.15, 0.2) is 40.6 Å². The number of halogens is 6. The molecule has 2 aromatic rings. The van der Waals surface area contributed by atoms with Crippen molar-refractivity contribution >= 4 is 40.7 Å². The molecule has 0 saturated heterocycles. The van der Waals surface area contributed by atoms with Crippen LogP contribution in [0.1, 0.15) is 39.9 Å². The van der Waals surface area contributed by atoms with Gasteiger partial charge in [0.2, 0.25) is 12.1 Å². The van der Waals surface area contributed by atoms with Crippen LogP contribution < -0.4 is 5.32 Å². The number of carbonyl (C=O) groups is 1. The highest BCUT2D eigenvalue weighted by Gasteiger charge is 2.62. The molecular weight excluding hydrogens is 517 g/mol. The van der Waals surface area contributed by atoms with Crippen LogP contribution in [0.4, 0.5) is 17.6 Å². The summed E-state index contributed by atoms with van der Waals surface area (Å²) in [6.07, 6.45) is -6.09. The van der Waals surface area contributed by atoms with Crippen LogP contribution in [0.5, 0.6) is 0 Å². The van der Waals surface area contributed by atoms with Gasteiger partial charge < -0.3 is 19.7 Å². The van der Waals surface area contributed by atoms with E-state index in [9.17, 15) is 22.4 Å². The van der Waals surface area contributed by atoms with Gasteiger partial charge >= 0.3 is 6.18 Å². The molecule has 0 aliphatic carbocycles. The maximum absolute atomic E-state index is 14.2. The minimum absolute atomic E-state index is 0.0220. The second-order valence-electron chi connectivity index (χ2n) is 7.88. The van der Waals surface area contributed by atoms with Crippen molar-refractivity contribution < 1.29 is 36.8 Å². The van der Waals surface area contributed by atoms with E-state index in [2.05, 4.69) is 15.6 Å². The first-order valence-corrected chi connectivity index (χ1v) is 10.9. The number of carbonyl (C=O) groups excluding carboxylic acids is 1. The number of hydrogen-bond donors (Lipinski definition) is 1. The van der Waals surface area contributed by atoms with Crippen molar-refractivity contribution in [1.29, 1.82) is 0 Å². The number of nitrogens with zero attached hydrogens (tertiary/aromatic N) is 2. The van der Waals surface area contributed by atoms with Crippen molar-refractivity contribution in [3.8, 4) is 0 Å². The number of oxime groups is 2. The summed E-state index contributed by atoms with van der Waals surface area (Å²) in [4.78, 5) is 22.6. The van der Waals surface area contributed by atoms with Crippen LogP contribution in [0.2, 0.25) is 10.0 Å². The van der Waals surface area contributed by atoms with Gasteiger partial charge in [-0.25, -0.2) is 4.39 Å². The number of methoxy groups -OCH3 is 1. The zero-order chi connectivity index (χ0) is 25.5. The molecule has 186 valence electrons. The molecule has 0 aromatic heterocycles. The zero-order valence-electron chi connectivity index (χ0n) is 18.2. The largest absolute Gasteiger partial charge is 0.482 e. The smallest absolute Gasteiger partial charge is 0.435 e. The first-order valence-electron chi connectivity index (χ1n) is 10.1. The second-order valence-corrected chi connectivity index (χ2v) is 8.69. The predicted octanol–water partition coefficient (Wildman–Crippen LogP) is 5.46. The number of aryl methyl sites for hydroxylation is 1. The molecule has 2 atom stereocenters. The van der Waals surface area contributed by atoms with Gasteiger partial charge in [0, 0.05) is 17.5 Å². The van der Waals surface area contributed by atoms with Gasteiger partial charge in [-0.2, -0.15) is 13.2 Å². The summed E-state index contributed by atoms with van der Waals surface area (Å²) in [7, 11) is 1.43. The fourth-order valence-corrected chi connectivity index (χ4v) is 4.21. The molecule has 13 heteroatoms. The highest BCUT2D eigenvalue weighted by Crippen LogP contribution is 2.50. The van der Waals surface area contributed by atoms with Gasteiger partial charge in [0.05, 0.1) is 29.3 Å². The molecule has 1 amide bonds. The average Bonchev–Trinajstić information content (AvgIpc) is 3.44.